The van der Waals surface area contributed by atoms with E-state index in [2.05, 4.69) is 36.3 Å². The van der Waals surface area contributed by atoms with E-state index >= 15 is 0 Å². The van der Waals surface area contributed by atoms with Gasteiger partial charge in [0.2, 0.25) is 0 Å². The van der Waals surface area contributed by atoms with Crippen molar-refractivity contribution in [2.75, 3.05) is 25.1 Å². The molecule has 1 aromatic carbocycles. The van der Waals surface area contributed by atoms with Crippen molar-refractivity contribution in [3.63, 3.8) is 0 Å². The summed E-state index contributed by atoms with van der Waals surface area (Å²) in [4.78, 5) is 4.74. The zero-order valence-corrected chi connectivity index (χ0v) is 17.7. The number of fused-ring (bicyclic) bond motifs is 1. The van der Waals surface area contributed by atoms with Crippen LogP contribution in [0.3, 0.4) is 0 Å². The highest BCUT2D eigenvalue weighted by Gasteiger charge is 2.28. The van der Waals surface area contributed by atoms with Crippen molar-refractivity contribution in [2.45, 2.75) is 46.0 Å². The van der Waals surface area contributed by atoms with Crippen molar-refractivity contribution >= 4 is 16.9 Å². The Morgan fingerprint density at radius 1 is 1.17 bits per heavy atom. The molecule has 0 saturated carbocycles. The van der Waals surface area contributed by atoms with E-state index in [1.807, 2.05) is 32.0 Å². The van der Waals surface area contributed by atoms with E-state index in [0.717, 1.165) is 27.8 Å². The Hall–Kier alpha value is -2.81. The molecule has 2 N–H and O–H groups in total. The van der Waals surface area contributed by atoms with Crippen LogP contribution in [0.4, 0.5) is 14.8 Å². The van der Waals surface area contributed by atoms with E-state index in [1.165, 1.54) is 0 Å². The smallest absolute Gasteiger partial charge is 0.316 e. The Balaban J connectivity index is 2.03. The lowest BCUT2D eigenvalue weighted by Crippen LogP contribution is -2.31. The zero-order valence-electron chi connectivity index (χ0n) is 17.7. The van der Waals surface area contributed by atoms with Crippen LogP contribution in [0.15, 0.2) is 22.6 Å². The molecule has 7 nitrogen and oxygen atoms in total. The SMILES string of the molecule is CCOc1cc(C(C)(C)C)c2nc(-c3nnc(NCC(F)(F)CO)o3)cc(C)c2c1. The van der Waals surface area contributed by atoms with Gasteiger partial charge in [0.05, 0.1) is 18.7 Å². The summed E-state index contributed by atoms with van der Waals surface area (Å²) in [5.74, 6) is -2.39. The van der Waals surface area contributed by atoms with Gasteiger partial charge in [-0.3, -0.25) is 0 Å². The number of nitrogens with zero attached hydrogens (tertiary/aromatic N) is 3. The molecule has 30 heavy (non-hydrogen) atoms. The van der Waals surface area contributed by atoms with Crippen molar-refractivity contribution in [3.05, 3.63) is 29.3 Å². The lowest BCUT2D eigenvalue weighted by molar-refractivity contribution is -0.0376. The predicted molar refractivity (Wildman–Crippen MR) is 110 cm³/mol. The predicted octanol–water partition coefficient (Wildman–Crippen LogP) is 4.33. The number of benzene rings is 1. The van der Waals surface area contributed by atoms with Gasteiger partial charge in [-0.1, -0.05) is 25.9 Å². The number of aryl methyl sites for hydroxylation is 1. The minimum absolute atomic E-state index is 0.114. The van der Waals surface area contributed by atoms with Crippen LogP contribution in [0.25, 0.3) is 22.5 Å². The zero-order chi connectivity index (χ0) is 22.1. The maximum atomic E-state index is 13.2. The van der Waals surface area contributed by atoms with E-state index in [4.69, 9.17) is 19.2 Å². The van der Waals surface area contributed by atoms with Gasteiger partial charge in [-0.25, -0.2) is 13.8 Å². The van der Waals surface area contributed by atoms with Crippen molar-refractivity contribution in [2.24, 2.45) is 0 Å². The molecule has 0 atom stereocenters. The number of anilines is 1. The second-order valence-electron chi connectivity index (χ2n) is 8.15. The standard InChI is InChI=1S/C21H26F2N4O3/c1-6-29-13-8-14-12(2)7-16(25-17(14)15(9-13)20(3,4)5)18-26-27-19(30-18)24-10-21(22,23)11-28/h7-9,28H,6,10-11H2,1-5H3,(H,24,27). The number of alkyl halides is 2. The lowest BCUT2D eigenvalue weighted by Gasteiger charge is -2.22. The average Bonchev–Trinajstić information content (AvgIpc) is 3.15. The first-order valence-corrected chi connectivity index (χ1v) is 9.69. The van der Waals surface area contributed by atoms with E-state index in [1.54, 1.807) is 0 Å². The first-order valence-electron chi connectivity index (χ1n) is 9.69. The van der Waals surface area contributed by atoms with Crippen LogP contribution < -0.4 is 10.1 Å². The van der Waals surface area contributed by atoms with E-state index in [-0.39, 0.29) is 17.3 Å². The number of aliphatic hydroxyl groups excluding tert-OH is 1. The molecule has 0 bridgehead atoms. The molecular formula is C21H26F2N4O3. The molecule has 162 valence electrons. The van der Waals surface area contributed by atoms with Gasteiger partial charge in [-0.05, 0) is 48.6 Å². The van der Waals surface area contributed by atoms with E-state index in [0.29, 0.717) is 12.3 Å². The van der Waals surface area contributed by atoms with Crippen molar-refractivity contribution in [1.82, 2.24) is 15.2 Å². The Morgan fingerprint density at radius 3 is 2.53 bits per heavy atom. The molecular weight excluding hydrogens is 394 g/mol. The van der Waals surface area contributed by atoms with Gasteiger partial charge in [0, 0.05) is 5.39 Å². The van der Waals surface area contributed by atoms with Crippen molar-refractivity contribution < 1.29 is 23.0 Å². The first kappa shape index (κ1) is 21.9. The Kier molecular flexibility index (Phi) is 5.94. The number of aliphatic hydroxyl groups is 1. The Labute approximate surface area is 173 Å². The molecule has 9 heteroatoms. The van der Waals surface area contributed by atoms with Gasteiger partial charge < -0.3 is 19.6 Å². The third kappa shape index (κ3) is 4.67. The Morgan fingerprint density at radius 2 is 1.90 bits per heavy atom. The molecule has 2 aromatic heterocycles. The highest BCUT2D eigenvalue weighted by Crippen LogP contribution is 2.36. The van der Waals surface area contributed by atoms with Crippen LogP contribution in [-0.2, 0) is 5.41 Å². The average molecular weight is 420 g/mol. The number of hydrogen-bond donors (Lipinski definition) is 2. The number of aromatic nitrogens is 3. The highest BCUT2D eigenvalue weighted by atomic mass is 19.3. The van der Waals surface area contributed by atoms with Crippen molar-refractivity contribution in [3.8, 4) is 17.3 Å². The molecule has 0 amide bonds. The molecule has 0 radical (unpaired) electrons. The summed E-state index contributed by atoms with van der Waals surface area (Å²) in [6, 6.07) is 5.59. The summed E-state index contributed by atoms with van der Waals surface area (Å²) >= 11 is 0. The molecule has 0 aliphatic heterocycles. The molecule has 0 aliphatic carbocycles. The van der Waals surface area contributed by atoms with Crippen LogP contribution in [0.1, 0.15) is 38.8 Å². The molecule has 2 heterocycles. The summed E-state index contributed by atoms with van der Waals surface area (Å²) < 4.78 is 37.6. The van der Waals surface area contributed by atoms with Crippen LogP contribution in [-0.4, -0.2) is 46.0 Å². The van der Waals surface area contributed by atoms with E-state index < -0.39 is 19.1 Å². The van der Waals surface area contributed by atoms with Gasteiger partial charge in [0.25, 0.3) is 11.8 Å². The largest absolute Gasteiger partial charge is 0.494 e. The summed E-state index contributed by atoms with van der Waals surface area (Å²) in [5.41, 5.74) is 3.00. The molecule has 3 aromatic rings. The maximum absolute atomic E-state index is 13.2. The minimum Gasteiger partial charge on any atom is -0.494 e. The summed E-state index contributed by atoms with van der Waals surface area (Å²) in [6.45, 7) is 8.65. The van der Waals surface area contributed by atoms with Crippen LogP contribution >= 0.6 is 0 Å². The minimum atomic E-state index is -3.29. The fraction of sp³-hybridized carbons (Fsp3) is 0.476. The van der Waals surface area contributed by atoms with Gasteiger partial charge >= 0.3 is 6.01 Å². The summed E-state index contributed by atoms with van der Waals surface area (Å²) in [7, 11) is 0. The fourth-order valence-electron chi connectivity index (χ4n) is 3.05. The van der Waals surface area contributed by atoms with Crippen molar-refractivity contribution in [1.29, 1.82) is 0 Å². The lowest BCUT2D eigenvalue weighted by atomic mass is 9.84. The van der Waals surface area contributed by atoms with Gasteiger partial charge in [0.1, 0.15) is 18.1 Å². The van der Waals surface area contributed by atoms with Crippen LogP contribution in [0.2, 0.25) is 0 Å². The molecule has 0 aliphatic rings. The summed E-state index contributed by atoms with van der Waals surface area (Å²) in [6.07, 6.45) is 0. The molecule has 3 rings (SSSR count). The molecule has 0 fully saturated rings. The number of halogens is 2. The molecule has 0 spiro atoms. The number of nitrogens with one attached hydrogen (secondary N) is 1. The third-order valence-corrected chi connectivity index (χ3v) is 4.59. The number of rotatable bonds is 7. The number of pyridine rings is 1. The normalized spacial score (nSPS) is 12.4. The number of ether oxygens (including phenoxy) is 1. The Bertz CT molecular complexity index is 1040. The number of hydrogen-bond acceptors (Lipinski definition) is 7. The monoisotopic (exact) mass is 420 g/mol. The highest BCUT2D eigenvalue weighted by molar-refractivity contribution is 5.89. The molecule has 0 saturated heterocycles. The topological polar surface area (TPSA) is 93.3 Å². The third-order valence-electron chi connectivity index (χ3n) is 4.59. The van der Waals surface area contributed by atoms with Gasteiger partial charge in [0.15, 0.2) is 0 Å². The maximum Gasteiger partial charge on any atom is 0.316 e. The quantitative estimate of drug-likeness (QED) is 0.588. The second kappa shape index (κ2) is 8.14. The summed E-state index contributed by atoms with van der Waals surface area (Å²) in [5, 5.41) is 19.6. The van der Waals surface area contributed by atoms with Gasteiger partial charge in [-0.2, -0.15) is 0 Å². The second-order valence-corrected chi connectivity index (χ2v) is 8.15. The van der Waals surface area contributed by atoms with Crippen LogP contribution in [0.5, 0.6) is 5.75 Å². The van der Waals surface area contributed by atoms with Gasteiger partial charge in [-0.15, -0.1) is 5.10 Å². The first-order chi connectivity index (χ1) is 14.0. The fourth-order valence-corrected chi connectivity index (χ4v) is 3.05. The molecule has 0 unspecified atom stereocenters. The van der Waals surface area contributed by atoms with E-state index in [9.17, 15) is 8.78 Å². The van der Waals surface area contributed by atoms with Crippen LogP contribution in [0, 0.1) is 6.92 Å².